The third-order valence-electron chi connectivity index (χ3n) is 3.16. The molecule has 2 N–H and O–H groups in total. The SMILES string of the molecule is CCCCCCC(N)C(OC)c1ccccc1. The third kappa shape index (κ3) is 4.88. The van der Waals surface area contributed by atoms with Crippen molar-refractivity contribution >= 4 is 0 Å². The number of hydrogen-bond acceptors (Lipinski definition) is 2. The molecule has 0 saturated heterocycles. The number of rotatable bonds is 8. The molecule has 0 fully saturated rings. The van der Waals surface area contributed by atoms with Crippen LogP contribution in [-0.4, -0.2) is 13.2 Å². The largest absolute Gasteiger partial charge is 0.375 e. The number of nitrogens with two attached hydrogens (primary N) is 1. The fourth-order valence-corrected chi connectivity index (χ4v) is 2.16. The first-order chi connectivity index (χ1) is 8.29. The average molecular weight is 235 g/mol. The van der Waals surface area contributed by atoms with Crippen LogP contribution in [0.15, 0.2) is 30.3 Å². The molecular weight excluding hydrogens is 210 g/mol. The van der Waals surface area contributed by atoms with E-state index in [1.165, 1.54) is 31.2 Å². The van der Waals surface area contributed by atoms with E-state index in [4.69, 9.17) is 10.5 Å². The van der Waals surface area contributed by atoms with Crippen LogP contribution in [-0.2, 0) is 4.74 Å². The van der Waals surface area contributed by atoms with E-state index in [1.54, 1.807) is 7.11 Å². The summed E-state index contributed by atoms with van der Waals surface area (Å²) in [7, 11) is 1.74. The fourth-order valence-electron chi connectivity index (χ4n) is 2.16. The molecule has 0 aromatic heterocycles. The van der Waals surface area contributed by atoms with Gasteiger partial charge >= 0.3 is 0 Å². The first kappa shape index (κ1) is 14.2. The molecule has 0 saturated carbocycles. The molecule has 2 atom stereocenters. The van der Waals surface area contributed by atoms with Crippen molar-refractivity contribution in [2.24, 2.45) is 5.73 Å². The normalized spacial score (nSPS) is 14.5. The third-order valence-corrected chi connectivity index (χ3v) is 3.16. The molecule has 2 nitrogen and oxygen atoms in total. The number of unbranched alkanes of at least 4 members (excludes halogenated alkanes) is 3. The van der Waals surface area contributed by atoms with Gasteiger partial charge in [0.15, 0.2) is 0 Å². The highest BCUT2D eigenvalue weighted by Gasteiger charge is 2.18. The van der Waals surface area contributed by atoms with Gasteiger partial charge in [0.05, 0.1) is 6.10 Å². The van der Waals surface area contributed by atoms with Gasteiger partial charge in [0.2, 0.25) is 0 Å². The number of hydrogen-bond donors (Lipinski definition) is 1. The summed E-state index contributed by atoms with van der Waals surface area (Å²) >= 11 is 0. The Balaban J connectivity index is 2.44. The van der Waals surface area contributed by atoms with E-state index >= 15 is 0 Å². The Labute approximate surface area is 105 Å². The summed E-state index contributed by atoms with van der Waals surface area (Å²) in [5.41, 5.74) is 7.40. The lowest BCUT2D eigenvalue weighted by molar-refractivity contribution is 0.0768. The molecule has 0 spiro atoms. The van der Waals surface area contributed by atoms with Gasteiger partial charge in [-0.05, 0) is 12.0 Å². The zero-order chi connectivity index (χ0) is 12.5. The van der Waals surface area contributed by atoms with Crippen LogP contribution in [0, 0.1) is 0 Å². The van der Waals surface area contributed by atoms with Crippen LogP contribution >= 0.6 is 0 Å². The maximum absolute atomic E-state index is 6.22. The van der Waals surface area contributed by atoms with Gasteiger partial charge in [0.1, 0.15) is 0 Å². The molecule has 0 heterocycles. The van der Waals surface area contributed by atoms with Crippen molar-refractivity contribution in [2.45, 2.75) is 51.2 Å². The highest BCUT2D eigenvalue weighted by atomic mass is 16.5. The second-order valence-corrected chi connectivity index (χ2v) is 4.58. The van der Waals surface area contributed by atoms with Crippen molar-refractivity contribution in [3.63, 3.8) is 0 Å². The fraction of sp³-hybridized carbons (Fsp3) is 0.600. The van der Waals surface area contributed by atoms with Crippen LogP contribution in [0.1, 0.15) is 50.7 Å². The van der Waals surface area contributed by atoms with Crippen LogP contribution in [0.4, 0.5) is 0 Å². The van der Waals surface area contributed by atoms with Crippen molar-refractivity contribution in [1.82, 2.24) is 0 Å². The maximum Gasteiger partial charge on any atom is 0.0971 e. The zero-order valence-electron chi connectivity index (χ0n) is 11.1. The van der Waals surface area contributed by atoms with Crippen LogP contribution in [0.25, 0.3) is 0 Å². The molecule has 0 aliphatic rings. The van der Waals surface area contributed by atoms with Gasteiger partial charge in [-0.15, -0.1) is 0 Å². The Morgan fingerprint density at radius 3 is 2.41 bits per heavy atom. The first-order valence-electron chi connectivity index (χ1n) is 6.63. The average Bonchev–Trinajstić information content (AvgIpc) is 2.37. The van der Waals surface area contributed by atoms with Crippen molar-refractivity contribution in [2.75, 3.05) is 7.11 Å². The molecule has 1 rings (SSSR count). The molecule has 1 aromatic carbocycles. The van der Waals surface area contributed by atoms with E-state index in [9.17, 15) is 0 Å². The predicted molar refractivity (Wildman–Crippen MR) is 72.9 cm³/mol. The highest BCUT2D eigenvalue weighted by Crippen LogP contribution is 2.22. The zero-order valence-corrected chi connectivity index (χ0v) is 11.1. The van der Waals surface area contributed by atoms with Crippen molar-refractivity contribution < 1.29 is 4.74 Å². The summed E-state index contributed by atoms with van der Waals surface area (Å²) in [5.74, 6) is 0. The van der Waals surface area contributed by atoms with Gasteiger partial charge in [-0.2, -0.15) is 0 Å². The van der Waals surface area contributed by atoms with E-state index in [1.807, 2.05) is 18.2 Å². The first-order valence-corrected chi connectivity index (χ1v) is 6.63. The quantitative estimate of drug-likeness (QED) is 0.698. The Bertz CT molecular complexity index is 286. The van der Waals surface area contributed by atoms with Gasteiger partial charge in [0.25, 0.3) is 0 Å². The molecule has 2 unspecified atom stereocenters. The molecule has 96 valence electrons. The minimum atomic E-state index is 0.0258. The van der Waals surface area contributed by atoms with Crippen molar-refractivity contribution in [1.29, 1.82) is 0 Å². The van der Waals surface area contributed by atoms with E-state index in [0.29, 0.717) is 0 Å². The Hall–Kier alpha value is -0.860. The summed E-state index contributed by atoms with van der Waals surface area (Å²) in [5, 5.41) is 0. The molecule has 0 bridgehead atoms. The Morgan fingerprint density at radius 1 is 1.12 bits per heavy atom. The Kier molecular flexibility index (Phi) is 6.90. The Morgan fingerprint density at radius 2 is 1.82 bits per heavy atom. The van der Waals surface area contributed by atoms with Crippen LogP contribution in [0.3, 0.4) is 0 Å². The number of ether oxygens (including phenoxy) is 1. The molecule has 1 aromatic rings. The van der Waals surface area contributed by atoms with Gasteiger partial charge in [-0.1, -0.05) is 62.9 Å². The smallest absolute Gasteiger partial charge is 0.0971 e. The standard InChI is InChI=1S/C15H25NO/c1-3-4-5-9-12-14(16)15(17-2)13-10-7-6-8-11-13/h6-8,10-11,14-15H,3-5,9,12,16H2,1-2H3. The van der Waals surface area contributed by atoms with Crippen LogP contribution in [0.5, 0.6) is 0 Å². The lowest BCUT2D eigenvalue weighted by atomic mass is 9.98. The van der Waals surface area contributed by atoms with Gasteiger partial charge in [0, 0.05) is 13.2 Å². The van der Waals surface area contributed by atoms with Gasteiger partial charge in [-0.25, -0.2) is 0 Å². The minimum Gasteiger partial charge on any atom is -0.375 e. The molecule has 0 aliphatic carbocycles. The maximum atomic E-state index is 6.22. The molecule has 0 amide bonds. The van der Waals surface area contributed by atoms with Crippen molar-refractivity contribution in [3.05, 3.63) is 35.9 Å². The monoisotopic (exact) mass is 235 g/mol. The van der Waals surface area contributed by atoms with E-state index in [0.717, 1.165) is 6.42 Å². The summed E-state index contributed by atoms with van der Waals surface area (Å²) in [6.45, 7) is 2.22. The lowest BCUT2D eigenvalue weighted by Crippen LogP contribution is -2.29. The van der Waals surface area contributed by atoms with E-state index in [2.05, 4.69) is 19.1 Å². The minimum absolute atomic E-state index is 0.0258. The molecule has 2 heteroatoms. The topological polar surface area (TPSA) is 35.2 Å². The number of benzene rings is 1. The molecular formula is C15H25NO. The van der Waals surface area contributed by atoms with Crippen molar-refractivity contribution in [3.8, 4) is 0 Å². The summed E-state index contributed by atoms with van der Waals surface area (Å²) in [6.07, 6.45) is 6.10. The number of methoxy groups -OCH3 is 1. The molecule has 0 radical (unpaired) electrons. The summed E-state index contributed by atoms with van der Waals surface area (Å²) in [6, 6.07) is 10.3. The predicted octanol–water partition coefficient (Wildman–Crippen LogP) is 3.67. The summed E-state index contributed by atoms with van der Waals surface area (Å²) < 4.78 is 5.53. The molecule has 17 heavy (non-hydrogen) atoms. The highest BCUT2D eigenvalue weighted by molar-refractivity contribution is 5.19. The second kappa shape index (κ2) is 8.26. The lowest BCUT2D eigenvalue weighted by Gasteiger charge is -2.23. The van der Waals surface area contributed by atoms with Gasteiger partial charge in [-0.3, -0.25) is 0 Å². The van der Waals surface area contributed by atoms with E-state index < -0.39 is 0 Å². The second-order valence-electron chi connectivity index (χ2n) is 4.58. The molecule has 0 aliphatic heterocycles. The van der Waals surface area contributed by atoms with E-state index in [-0.39, 0.29) is 12.1 Å². The van der Waals surface area contributed by atoms with Crippen LogP contribution in [0.2, 0.25) is 0 Å². The summed E-state index contributed by atoms with van der Waals surface area (Å²) in [4.78, 5) is 0. The van der Waals surface area contributed by atoms with Gasteiger partial charge < -0.3 is 10.5 Å². The van der Waals surface area contributed by atoms with Crippen LogP contribution < -0.4 is 5.73 Å².